The Bertz CT molecular complexity index is 955. The fraction of sp³-hybridized carbons (Fsp3) is 0.111. The second-order valence-electron chi connectivity index (χ2n) is 5.66. The standard InChI is InChI=1S/C18H16N6O3/c19-17(26)16(25)13(8-12-4-2-1-3-5-12)23-18(27)14-9-21-11-24(14)15-10-20-6-7-22-15/h1-7,9-11,13H,8H2,(H2,19,26)(H,23,27). The Morgan fingerprint density at radius 2 is 1.85 bits per heavy atom. The Labute approximate surface area is 154 Å². The van der Waals surface area contributed by atoms with E-state index in [4.69, 9.17) is 5.73 Å². The quantitative estimate of drug-likeness (QED) is 0.570. The molecule has 1 aromatic carbocycles. The Morgan fingerprint density at radius 3 is 2.52 bits per heavy atom. The summed E-state index contributed by atoms with van der Waals surface area (Å²) in [5, 5.41) is 2.56. The predicted molar refractivity (Wildman–Crippen MR) is 94.8 cm³/mol. The lowest BCUT2D eigenvalue weighted by molar-refractivity contribution is -0.137. The molecule has 3 N–H and O–H groups in total. The van der Waals surface area contributed by atoms with Crippen molar-refractivity contribution in [1.29, 1.82) is 0 Å². The first-order chi connectivity index (χ1) is 13.1. The Balaban J connectivity index is 1.84. The maximum absolute atomic E-state index is 12.7. The van der Waals surface area contributed by atoms with Crippen molar-refractivity contribution in [3.8, 4) is 5.82 Å². The molecule has 9 nitrogen and oxygen atoms in total. The summed E-state index contributed by atoms with van der Waals surface area (Å²) in [5.74, 6) is -2.19. The molecule has 0 saturated heterocycles. The minimum absolute atomic E-state index is 0.133. The van der Waals surface area contributed by atoms with Gasteiger partial charge in [-0.15, -0.1) is 0 Å². The van der Waals surface area contributed by atoms with Gasteiger partial charge < -0.3 is 11.1 Å². The molecule has 1 unspecified atom stereocenters. The van der Waals surface area contributed by atoms with Gasteiger partial charge in [-0.2, -0.15) is 0 Å². The van der Waals surface area contributed by atoms with Crippen molar-refractivity contribution in [3.63, 3.8) is 0 Å². The van der Waals surface area contributed by atoms with Crippen LogP contribution in [0.25, 0.3) is 5.82 Å². The van der Waals surface area contributed by atoms with E-state index < -0.39 is 23.6 Å². The molecule has 0 bridgehead atoms. The summed E-state index contributed by atoms with van der Waals surface area (Å²) in [5.41, 5.74) is 6.05. The van der Waals surface area contributed by atoms with Crippen LogP contribution >= 0.6 is 0 Å². The van der Waals surface area contributed by atoms with Crippen molar-refractivity contribution in [2.45, 2.75) is 12.5 Å². The lowest BCUT2D eigenvalue weighted by Crippen LogP contribution is -2.47. The average molecular weight is 364 g/mol. The number of Topliss-reactive ketones (excluding diaryl/α,β-unsaturated/α-hetero) is 1. The van der Waals surface area contributed by atoms with Gasteiger partial charge in [-0.1, -0.05) is 30.3 Å². The number of primary amides is 1. The normalized spacial score (nSPS) is 11.6. The number of nitrogens with zero attached hydrogens (tertiary/aromatic N) is 4. The van der Waals surface area contributed by atoms with E-state index in [2.05, 4.69) is 20.3 Å². The van der Waals surface area contributed by atoms with Crippen LogP contribution in [0.15, 0.2) is 61.4 Å². The molecule has 27 heavy (non-hydrogen) atoms. The molecular formula is C18H16N6O3. The van der Waals surface area contributed by atoms with E-state index in [1.54, 1.807) is 24.3 Å². The van der Waals surface area contributed by atoms with Gasteiger partial charge in [0.25, 0.3) is 11.8 Å². The lowest BCUT2D eigenvalue weighted by Gasteiger charge is -2.16. The fourth-order valence-electron chi connectivity index (χ4n) is 2.52. The highest BCUT2D eigenvalue weighted by atomic mass is 16.2. The van der Waals surface area contributed by atoms with E-state index in [0.29, 0.717) is 5.82 Å². The van der Waals surface area contributed by atoms with Crippen LogP contribution in [0.2, 0.25) is 0 Å². The Hall–Kier alpha value is -3.88. The molecule has 0 fully saturated rings. The Kier molecular flexibility index (Phi) is 5.31. The van der Waals surface area contributed by atoms with Crippen molar-refractivity contribution >= 4 is 17.6 Å². The number of benzene rings is 1. The largest absolute Gasteiger partial charge is 0.363 e. The van der Waals surface area contributed by atoms with Gasteiger partial charge in [0.15, 0.2) is 5.82 Å². The van der Waals surface area contributed by atoms with Gasteiger partial charge >= 0.3 is 0 Å². The molecule has 2 aromatic heterocycles. The van der Waals surface area contributed by atoms with Gasteiger partial charge in [-0.25, -0.2) is 9.97 Å². The minimum Gasteiger partial charge on any atom is -0.363 e. The maximum atomic E-state index is 12.7. The number of amides is 2. The average Bonchev–Trinajstić information content (AvgIpc) is 3.18. The van der Waals surface area contributed by atoms with Gasteiger partial charge in [-0.3, -0.25) is 23.9 Å². The summed E-state index contributed by atoms with van der Waals surface area (Å²) in [6, 6.07) is 7.90. The fourth-order valence-corrected chi connectivity index (χ4v) is 2.52. The van der Waals surface area contributed by atoms with E-state index in [-0.39, 0.29) is 12.1 Å². The number of nitrogens with two attached hydrogens (primary N) is 1. The number of rotatable bonds is 7. The molecule has 0 spiro atoms. The van der Waals surface area contributed by atoms with Crippen molar-refractivity contribution < 1.29 is 14.4 Å². The molecule has 0 aliphatic heterocycles. The molecule has 136 valence electrons. The first-order valence-corrected chi connectivity index (χ1v) is 8.03. The van der Waals surface area contributed by atoms with Crippen molar-refractivity contribution in [3.05, 3.63) is 72.7 Å². The third kappa shape index (κ3) is 4.21. The van der Waals surface area contributed by atoms with Gasteiger partial charge in [0.05, 0.1) is 12.4 Å². The number of hydrogen-bond donors (Lipinski definition) is 2. The third-order valence-electron chi connectivity index (χ3n) is 3.81. The molecule has 1 atom stereocenters. The number of carbonyl (C=O) groups excluding carboxylic acids is 3. The second-order valence-corrected chi connectivity index (χ2v) is 5.66. The van der Waals surface area contributed by atoms with Crippen LogP contribution in [-0.2, 0) is 16.0 Å². The highest BCUT2D eigenvalue weighted by Crippen LogP contribution is 2.09. The highest BCUT2D eigenvalue weighted by molar-refractivity contribution is 6.38. The van der Waals surface area contributed by atoms with E-state index in [9.17, 15) is 14.4 Å². The van der Waals surface area contributed by atoms with Crippen LogP contribution in [0.4, 0.5) is 0 Å². The van der Waals surface area contributed by atoms with Crippen molar-refractivity contribution in [2.75, 3.05) is 0 Å². The summed E-state index contributed by atoms with van der Waals surface area (Å²) in [6.07, 6.45) is 7.31. The first-order valence-electron chi connectivity index (χ1n) is 8.03. The first kappa shape index (κ1) is 17.9. The minimum atomic E-state index is -1.11. The predicted octanol–water partition coefficient (Wildman–Crippen LogP) is 0.0578. The molecule has 3 aromatic rings. The SMILES string of the molecule is NC(=O)C(=O)C(Cc1ccccc1)NC(=O)c1cncn1-c1cnccn1. The van der Waals surface area contributed by atoms with E-state index in [1.807, 2.05) is 6.07 Å². The number of ketones is 1. The second kappa shape index (κ2) is 8.00. The zero-order valence-electron chi connectivity index (χ0n) is 14.1. The Morgan fingerprint density at radius 1 is 1.07 bits per heavy atom. The van der Waals surface area contributed by atoms with Crippen LogP contribution in [-0.4, -0.2) is 43.2 Å². The summed E-state index contributed by atoms with van der Waals surface area (Å²) >= 11 is 0. The molecule has 0 aliphatic carbocycles. The zero-order valence-corrected chi connectivity index (χ0v) is 14.1. The molecule has 0 saturated carbocycles. The third-order valence-corrected chi connectivity index (χ3v) is 3.81. The van der Waals surface area contributed by atoms with Gasteiger partial charge in [-0.05, 0) is 5.56 Å². The summed E-state index contributed by atoms with van der Waals surface area (Å²) < 4.78 is 1.43. The number of nitrogens with one attached hydrogen (secondary N) is 1. The van der Waals surface area contributed by atoms with Crippen LogP contribution in [0.5, 0.6) is 0 Å². The van der Waals surface area contributed by atoms with Gasteiger partial charge in [0, 0.05) is 18.8 Å². The summed E-state index contributed by atoms with van der Waals surface area (Å²) in [7, 11) is 0. The maximum Gasteiger partial charge on any atom is 0.287 e. The van der Waals surface area contributed by atoms with Crippen molar-refractivity contribution in [2.24, 2.45) is 5.73 Å². The molecule has 9 heteroatoms. The molecule has 0 radical (unpaired) electrons. The summed E-state index contributed by atoms with van der Waals surface area (Å²) in [4.78, 5) is 48.3. The van der Waals surface area contributed by atoms with E-state index in [0.717, 1.165) is 5.56 Å². The molecular weight excluding hydrogens is 348 g/mol. The number of carbonyl (C=O) groups is 3. The van der Waals surface area contributed by atoms with Crippen LogP contribution in [0.1, 0.15) is 16.1 Å². The highest BCUT2D eigenvalue weighted by Gasteiger charge is 2.27. The number of aromatic nitrogens is 4. The summed E-state index contributed by atoms with van der Waals surface area (Å²) in [6.45, 7) is 0. The molecule has 0 aliphatic rings. The van der Waals surface area contributed by atoms with Gasteiger partial charge in [0.2, 0.25) is 5.78 Å². The molecule has 3 rings (SSSR count). The van der Waals surface area contributed by atoms with Crippen LogP contribution in [0.3, 0.4) is 0 Å². The van der Waals surface area contributed by atoms with E-state index in [1.165, 1.54) is 35.7 Å². The molecule has 2 heterocycles. The topological polar surface area (TPSA) is 133 Å². The lowest BCUT2D eigenvalue weighted by atomic mass is 10.0. The van der Waals surface area contributed by atoms with E-state index >= 15 is 0 Å². The number of hydrogen-bond acceptors (Lipinski definition) is 6. The van der Waals surface area contributed by atoms with Gasteiger partial charge in [0.1, 0.15) is 18.1 Å². The smallest absolute Gasteiger partial charge is 0.287 e. The van der Waals surface area contributed by atoms with Crippen LogP contribution < -0.4 is 11.1 Å². The van der Waals surface area contributed by atoms with Crippen molar-refractivity contribution in [1.82, 2.24) is 24.8 Å². The monoisotopic (exact) mass is 364 g/mol. The number of imidazole rings is 1. The molecule has 2 amide bonds. The zero-order chi connectivity index (χ0) is 19.2. The van der Waals surface area contributed by atoms with Crippen LogP contribution in [0, 0.1) is 0 Å².